The standard InChI is InChI=1S/C13H11FN4/c1-13-3-2-9(13)7(5-15)8-6-16-11-4-10(14)17-18(11)12(8)13/h4,6-7,9H,2-3H2,1H3. The Morgan fingerprint density at radius 1 is 1.61 bits per heavy atom. The van der Waals surface area contributed by atoms with Crippen LogP contribution in [0.1, 0.15) is 36.9 Å². The van der Waals surface area contributed by atoms with E-state index in [9.17, 15) is 9.65 Å². The molecule has 3 atom stereocenters. The highest BCUT2D eigenvalue weighted by molar-refractivity contribution is 5.50. The van der Waals surface area contributed by atoms with Crippen LogP contribution in [0.2, 0.25) is 0 Å². The van der Waals surface area contributed by atoms with Gasteiger partial charge in [-0.05, 0) is 18.8 Å². The number of rotatable bonds is 0. The van der Waals surface area contributed by atoms with Crippen molar-refractivity contribution in [2.45, 2.75) is 31.1 Å². The number of halogens is 1. The van der Waals surface area contributed by atoms with Crippen molar-refractivity contribution < 1.29 is 4.39 Å². The van der Waals surface area contributed by atoms with E-state index in [1.807, 2.05) is 0 Å². The van der Waals surface area contributed by atoms with E-state index in [0.29, 0.717) is 11.6 Å². The first-order valence-corrected chi connectivity index (χ1v) is 6.09. The van der Waals surface area contributed by atoms with Crippen molar-refractivity contribution in [3.63, 3.8) is 0 Å². The van der Waals surface area contributed by atoms with E-state index in [2.05, 4.69) is 23.1 Å². The highest BCUT2D eigenvalue weighted by Crippen LogP contribution is 2.61. The van der Waals surface area contributed by atoms with Crippen LogP contribution in [0.25, 0.3) is 5.65 Å². The number of nitrogens with zero attached hydrogens (tertiary/aromatic N) is 4. The Labute approximate surface area is 103 Å². The van der Waals surface area contributed by atoms with Gasteiger partial charge in [0.05, 0.1) is 17.7 Å². The Morgan fingerprint density at radius 2 is 2.44 bits per heavy atom. The van der Waals surface area contributed by atoms with Gasteiger partial charge in [0.2, 0.25) is 5.95 Å². The van der Waals surface area contributed by atoms with Gasteiger partial charge in [-0.1, -0.05) is 6.92 Å². The molecule has 1 saturated carbocycles. The Bertz CT molecular complexity index is 714. The van der Waals surface area contributed by atoms with Crippen molar-refractivity contribution in [1.29, 1.82) is 5.26 Å². The lowest BCUT2D eigenvalue weighted by atomic mass is 9.60. The van der Waals surface area contributed by atoms with Crippen molar-refractivity contribution in [1.82, 2.24) is 14.6 Å². The summed E-state index contributed by atoms with van der Waals surface area (Å²) >= 11 is 0. The van der Waals surface area contributed by atoms with E-state index in [1.54, 1.807) is 10.7 Å². The van der Waals surface area contributed by atoms with Crippen LogP contribution in [-0.2, 0) is 5.41 Å². The van der Waals surface area contributed by atoms with E-state index in [-0.39, 0.29) is 11.3 Å². The molecule has 0 aromatic carbocycles. The summed E-state index contributed by atoms with van der Waals surface area (Å²) in [6, 6.07) is 3.70. The van der Waals surface area contributed by atoms with E-state index in [4.69, 9.17) is 0 Å². The topological polar surface area (TPSA) is 54.0 Å². The molecule has 0 saturated heterocycles. The zero-order valence-corrected chi connectivity index (χ0v) is 9.89. The summed E-state index contributed by atoms with van der Waals surface area (Å²) in [6.45, 7) is 2.15. The molecule has 2 aromatic rings. The minimum Gasteiger partial charge on any atom is -0.237 e. The fourth-order valence-corrected chi connectivity index (χ4v) is 3.67. The molecule has 0 N–H and O–H groups in total. The van der Waals surface area contributed by atoms with Crippen molar-refractivity contribution in [3.05, 3.63) is 29.5 Å². The normalized spacial score (nSPS) is 32.7. The average molecular weight is 242 g/mol. The number of fused-ring (bicyclic) bond motifs is 5. The van der Waals surface area contributed by atoms with Crippen LogP contribution >= 0.6 is 0 Å². The molecular weight excluding hydrogens is 231 g/mol. The van der Waals surface area contributed by atoms with E-state index in [0.717, 1.165) is 24.1 Å². The zero-order valence-electron chi connectivity index (χ0n) is 9.89. The van der Waals surface area contributed by atoms with Gasteiger partial charge in [0.15, 0.2) is 5.65 Å². The van der Waals surface area contributed by atoms with Gasteiger partial charge in [0.25, 0.3) is 0 Å². The summed E-state index contributed by atoms with van der Waals surface area (Å²) in [7, 11) is 0. The Balaban J connectivity index is 2.11. The van der Waals surface area contributed by atoms with Crippen LogP contribution in [0.5, 0.6) is 0 Å². The molecule has 4 nitrogen and oxygen atoms in total. The van der Waals surface area contributed by atoms with Gasteiger partial charge in [0.1, 0.15) is 0 Å². The van der Waals surface area contributed by atoms with Gasteiger partial charge >= 0.3 is 0 Å². The summed E-state index contributed by atoms with van der Waals surface area (Å²) in [4.78, 5) is 4.21. The summed E-state index contributed by atoms with van der Waals surface area (Å²) in [6.07, 6.45) is 3.81. The second kappa shape index (κ2) is 2.89. The van der Waals surface area contributed by atoms with E-state index >= 15 is 0 Å². The molecule has 2 aliphatic carbocycles. The molecule has 2 aromatic heterocycles. The monoisotopic (exact) mass is 242 g/mol. The fourth-order valence-electron chi connectivity index (χ4n) is 3.67. The molecule has 0 radical (unpaired) electrons. The summed E-state index contributed by atoms with van der Waals surface area (Å²) in [5.74, 6) is -0.309. The average Bonchev–Trinajstić information content (AvgIpc) is 2.78. The first-order valence-electron chi connectivity index (χ1n) is 6.09. The molecule has 1 fully saturated rings. The van der Waals surface area contributed by atoms with Gasteiger partial charge in [-0.25, -0.2) is 9.50 Å². The lowest BCUT2D eigenvalue weighted by Crippen LogP contribution is -2.40. The third-order valence-corrected chi connectivity index (χ3v) is 4.69. The van der Waals surface area contributed by atoms with Gasteiger partial charge in [-0.15, -0.1) is 5.10 Å². The smallest absolute Gasteiger partial charge is 0.235 e. The molecule has 2 aliphatic rings. The first-order chi connectivity index (χ1) is 8.65. The molecule has 0 aliphatic heterocycles. The molecule has 0 spiro atoms. The number of hydrogen-bond donors (Lipinski definition) is 0. The largest absolute Gasteiger partial charge is 0.237 e. The summed E-state index contributed by atoms with van der Waals surface area (Å²) in [5, 5.41) is 13.2. The van der Waals surface area contributed by atoms with Gasteiger partial charge in [0, 0.05) is 23.2 Å². The minimum atomic E-state index is -0.518. The SMILES string of the molecule is CC12CCC1C(C#N)c1cnc3cc(F)nn3c12. The third-order valence-electron chi connectivity index (χ3n) is 4.69. The molecule has 5 heteroatoms. The maximum absolute atomic E-state index is 13.3. The highest BCUT2D eigenvalue weighted by Gasteiger charge is 2.57. The molecule has 4 rings (SSSR count). The van der Waals surface area contributed by atoms with Crippen LogP contribution in [0.4, 0.5) is 4.39 Å². The lowest BCUT2D eigenvalue weighted by Gasteiger charge is -2.43. The Hall–Kier alpha value is -1.96. The van der Waals surface area contributed by atoms with Gasteiger partial charge in [-0.2, -0.15) is 9.65 Å². The predicted octanol–water partition coefficient (Wildman–Crippen LogP) is 2.16. The maximum Gasteiger partial charge on any atom is 0.235 e. The first kappa shape index (κ1) is 10.0. The zero-order chi connectivity index (χ0) is 12.5. The van der Waals surface area contributed by atoms with Crippen LogP contribution in [0.3, 0.4) is 0 Å². The van der Waals surface area contributed by atoms with Crippen LogP contribution in [0.15, 0.2) is 12.3 Å². The lowest BCUT2D eigenvalue weighted by molar-refractivity contribution is 0.146. The molecular formula is C13H11FN4. The Morgan fingerprint density at radius 3 is 3.11 bits per heavy atom. The highest BCUT2D eigenvalue weighted by atomic mass is 19.1. The summed E-state index contributed by atoms with van der Waals surface area (Å²) < 4.78 is 14.9. The maximum atomic E-state index is 13.3. The number of nitriles is 1. The quantitative estimate of drug-likeness (QED) is 0.711. The molecule has 0 amide bonds. The van der Waals surface area contributed by atoms with Crippen molar-refractivity contribution in [2.75, 3.05) is 0 Å². The molecule has 90 valence electrons. The molecule has 3 unspecified atom stereocenters. The van der Waals surface area contributed by atoms with Crippen molar-refractivity contribution in [3.8, 4) is 6.07 Å². The molecule has 18 heavy (non-hydrogen) atoms. The number of hydrogen-bond acceptors (Lipinski definition) is 3. The Kier molecular flexibility index (Phi) is 1.61. The van der Waals surface area contributed by atoms with E-state index in [1.165, 1.54) is 6.07 Å². The van der Waals surface area contributed by atoms with E-state index < -0.39 is 5.95 Å². The fraction of sp³-hybridized carbons (Fsp3) is 0.462. The van der Waals surface area contributed by atoms with Crippen molar-refractivity contribution in [2.24, 2.45) is 5.92 Å². The summed E-state index contributed by atoms with van der Waals surface area (Å²) in [5.41, 5.74) is 2.39. The molecule has 2 heterocycles. The second-order valence-corrected chi connectivity index (χ2v) is 5.47. The third kappa shape index (κ3) is 0.916. The van der Waals surface area contributed by atoms with Gasteiger partial charge in [-0.3, -0.25) is 0 Å². The predicted molar refractivity (Wildman–Crippen MR) is 61.4 cm³/mol. The van der Waals surface area contributed by atoms with Crippen LogP contribution in [-0.4, -0.2) is 14.6 Å². The van der Waals surface area contributed by atoms with Crippen LogP contribution in [0, 0.1) is 23.2 Å². The minimum absolute atomic E-state index is 0.0463. The van der Waals surface area contributed by atoms with Gasteiger partial charge < -0.3 is 0 Å². The number of aromatic nitrogens is 3. The van der Waals surface area contributed by atoms with Crippen LogP contribution < -0.4 is 0 Å². The van der Waals surface area contributed by atoms with Crippen molar-refractivity contribution >= 4 is 5.65 Å². The second-order valence-electron chi connectivity index (χ2n) is 5.47. The molecule has 0 bridgehead atoms.